The number of thioether (sulfide) groups is 1. The molecule has 0 fully saturated rings. The average molecular weight is 217 g/mol. The Hall–Kier alpha value is 0.310. The van der Waals surface area contributed by atoms with Crippen molar-refractivity contribution < 1.29 is 0 Å². The van der Waals surface area contributed by atoms with Gasteiger partial charge in [-0.15, -0.1) is 0 Å². The van der Waals surface area contributed by atoms with Gasteiger partial charge < -0.3 is 5.32 Å². The molecule has 0 saturated heterocycles. The summed E-state index contributed by atoms with van der Waals surface area (Å²) >= 11 is 1.95. The van der Waals surface area contributed by atoms with Crippen molar-refractivity contribution >= 4 is 11.8 Å². The molecule has 0 spiro atoms. The predicted octanol–water partition coefficient (Wildman–Crippen LogP) is 3.40. The largest absolute Gasteiger partial charge is 0.314 e. The van der Waals surface area contributed by atoms with E-state index in [9.17, 15) is 0 Å². The van der Waals surface area contributed by atoms with Gasteiger partial charge in [-0.2, -0.15) is 11.8 Å². The number of nitrogens with one attached hydrogen (secondary N) is 1. The van der Waals surface area contributed by atoms with Crippen molar-refractivity contribution in [2.45, 2.75) is 47.1 Å². The van der Waals surface area contributed by atoms with E-state index in [0.29, 0.717) is 11.5 Å². The molecule has 0 aromatic rings. The molecule has 0 aromatic carbocycles. The lowest BCUT2D eigenvalue weighted by atomic mass is 9.79. The highest BCUT2D eigenvalue weighted by Gasteiger charge is 2.23. The Labute approximate surface area is 94.4 Å². The standard InChI is InChI=1S/C12H27NS/c1-10(2)13-9-11(7-8-14-6)12(3,4)5/h10-11,13H,7-9H2,1-6H3. The van der Waals surface area contributed by atoms with Gasteiger partial charge in [0.25, 0.3) is 0 Å². The summed E-state index contributed by atoms with van der Waals surface area (Å²) in [4.78, 5) is 0. The Bertz CT molecular complexity index is 138. The highest BCUT2D eigenvalue weighted by Crippen LogP contribution is 2.29. The maximum absolute atomic E-state index is 3.55. The zero-order valence-electron chi connectivity index (χ0n) is 10.7. The maximum Gasteiger partial charge on any atom is 0.00104 e. The fourth-order valence-corrected chi connectivity index (χ4v) is 2.00. The molecule has 0 saturated carbocycles. The zero-order chi connectivity index (χ0) is 11.2. The number of hydrogen-bond acceptors (Lipinski definition) is 2. The Kier molecular flexibility index (Phi) is 6.88. The fraction of sp³-hybridized carbons (Fsp3) is 1.00. The molecular formula is C12H27NS. The minimum Gasteiger partial charge on any atom is -0.314 e. The summed E-state index contributed by atoms with van der Waals surface area (Å²) < 4.78 is 0. The van der Waals surface area contributed by atoms with Gasteiger partial charge in [0.15, 0.2) is 0 Å². The van der Waals surface area contributed by atoms with E-state index < -0.39 is 0 Å². The molecule has 0 aliphatic carbocycles. The molecule has 0 radical (unpaired) electrons. The minimum atomic E-state index is 0.428. The second-order valence-electron chi connectivity index (χ2n) is 5.41. The molecule has 86 valence electrons. The lowest BCUT2D eigenvalue weighted by molar-refractivity contribution is 0.223. The van der Waals surface area contributed by atoms with Crippen LogP contribution in [0.4, 0.5) is 0 Å². The van der Waals surface area contributed by atoms with Crippen LogP contribution in [0.25, 0.3) is 0 Å². The van der Waals surface area contributed by atoms with Crippen molar-refractivity contribution in [3.8, 4) is 0 Å². The molecule has 14 heavy (non-hydrogen) atoms. The molecule has 0 amide bonds. The van der Waals surface area contributed by atoms with Gasteiger partial charge >= 0.3 is 0 Å². The van der Waals surface area contributed by atoms with Crippen molar-refractivity contribution in [3.63, 3.8) is 0 Å². The SMILES string of the molecule is CSCCC(CNC(C)C)C(C)(C)C. The summed E-state index contributed by atoms with van der Waals surface area (Å²) in [6.45, 7) is 12.6. The van der Waals surface area contributed by atoms with Crippen molar-refractivity contribution in [1.29, 1.82) is 0 Å². The Morgan fingerprint density at radius 2 is 1.79 bits per heavy atom. The summed E-state index contributed by atoms with van der Waals surface area (Å²) in [5.41, 5.74) is 0.428. The third-order valence-electron chi connectivity index (χ3n) is 2.67. The lowest BCUT2D eigenvalue weighted by Crippen LogP contribution is -2.35. The van der Waals surface area contributed by atoms with Crippen LogP contribution in [0.3, 0.4) is 0 Å². The van der Waals surface area contributed by atoms with Crippen LogP contribution in [0.1, 0.15) is 41.0 Å². The molecule has 1 N–H and O–H groups in total. The molecule has 0 aromatic heterocycles. The van der Waals surface area contributed by atoms with E-state index in [1.807, 2.05) is 11.8 Å². The van der Waals surface area contributed by atoms with Crippen LogP contribution in [0.15, 0.2) is 0 Å². The van der Waals surface area contributed by atoms with Crippen LogP contribution in [0.2, 0.25) is 0 Å². The summed E-state index contributed by atoms with van der Waals surface area (Å²) in [6.07, 6.45) is 3.51. The maximum atomic E-state index is 3.55. The van der Waals surface area contributed by atoms with Crippen LogP contribution >= 0.6 is 11.8 Å². The monoisotopic (exact) mass is 217 g/mol. The van der Waals surface area contributed by atoms with Gasteiger partial charge in [0.2, 0.25) is 0 Å². The minimum absolute atomic E-state index is 0.428. The van der Waals surface area contributed by atoms with Crippen LogP contribution in [0, 0.1) is 11.3 Å². The third-order valence-corrected chi connectivity index (χ3v) is 3.31. The van der Waals surface area contributed by atoms with Gasteiger partial charge in [-0.05, 0) is 36.3 Å². The highest BCUT2D eigenvalue weighted by atomic mass is 32.2. The molecule has 0 aliphatic rings. The molecular weight excluding hydrogens is 190 g/mol. The van der Waals surface area contributed by atoms with E-state index in [4.69, 9.17) is 0 Å². The average Bonchev–Trinajstić information content (AvgIpc) is 2.01. The number of rotatable bonds is 6. The normalized spacial score (nSPS) is 14.8. The first-order chi connectivity index (χ1) is 6.38. The molecule has 0 aliphatic heterocycles. The quantitative estimate of drug-likeness (QED) is 0.732. The topological polar surface area (TPSA) is 12.0 Å². The van der Waals surface area contributed by atoms with Gasteiger partial charge in [0.05, 0.1) is 0 Å². The molecule has 1 atom stereocenters. The van der Waals surface area contributed by atoms with E-state index >= 15 is 0 Å². The number of hydrogen-bond donors (Lipinski definition) is 1. The van der Waals surface area contributed by atoms with Crippen LogP contribution < -0.4 is 5.32 Å². The fourth-order valence-electron chi connectivity index (χ4n) is 1.48. The van der Waals surface area contributed by atoms with Crippen LogP contribution in [-0.2, 0) is 0 Å². The van der Waals surface area contributed by atoms with E-state index in [2.05, 4.69) is 46.2 Å². The molecule has 1 unspecified atom stereocenters. The van der Waals surface area contributed by atoms with Crippen LogP contribution in [-0.4, -0.2) is 24.6 Å². The summed E-state index contributed by atoms with van der Waals surface area (Å²) in [7, 11) is 0. The summed E-state index contributed by atoms with van der Waals surface area (Å²) in [5.74, 6) is 2.07. The van der Waals surface area contributed by atoms with Gasteiger partial charge in [0, 0.05) is 6.04 Å². The molecule has 0 rings (SSSR count). The first-order valence-corrected chi connectivity index (χ1v) is 6.99. The third kappa shape index (κ3) is 6.72. The lowest BCUT2D eigenvalue weighted by Gasteiger charge is -2.31. The van der Waals surface area contributed by atoms with Gasteiger partial charge in [-0.1, -0.05) is 34.6 Å². The van der Waals surface area contributed by atoms with Crippen molar-refractivity contribution in [3.05, 3.63) is 0 Å². The van der Waals surface area contributed by atoms with Crippen molar-refractivity contribution in [1.82, 2.24) is 5.32 Å². The summed E-state index contributed by atoms with van der Waals surface area (Å²) in [6, 6.07) is 0.606. The smallest absolute Gasteiger partial charge is 0.00104 e. The van der Waals surface area contributed by atoms with Gasteiger partial charge in [-0.3, -0.25) is 0 Å². The second-order valence-corrected chi connectivity index (χ2v) is 6.39. The van der Waals surface area contributed by atoms with Crippen molar-refractivity contribution in [2.24, 2.45) is 11.3 Å². The second kappa shape index (κ2) is 6.73. The molecule has 0 heterocycles. The summed E-state index contributed by atoms with van der Waals surface area (Å²) in [5, 5.41) is 3.55. The first kappa shape index (κ1) is 14.3. The molecule has 1 nitrogen and oxygen atoms in total. The Balaban J connectivity index is 3.98. The van der Waals surface area contributed by atoms with Crippen molar-refractivity contribution in [2.75, 3.05) is 18.6 Å². The van der Waals surface area contributed by atoms with Gasteiger partial charge in [0.1, 0.15) is 0 Å². The predicted molar refractivity (Wildman–Crippen MR) is 69.1 cm³/mol. The van der Waals surface area contributed by atoms with E-state index in [0.717, 1.165) is 12.5 Å². The van der Waals surface area contributed by atoms with E-state index in [1.54, 1.807) is 0 Å². The Morgan fingerprint density at radius 3 is 2.14 bits per heavy atom. The van der Waals surface area contributed by atoms with Crippen LogP contribution in [0.5, 0.6) is 0 Å². The Morgan fingerprint density at radius 1 is 1.21 bits per heavy atom. The highest BCUT2D eigenvalue weighted by molar-refractivity contribution is 7.98. The molecule has 0 bridgehead atoms. The molecule has 2 heteroatoms. The first-order valence-electron chi connectivity index (χ1n) is 5.60. The van der Waals surface area contributed by atoms with E-state index in [-0.39, 0.29) is 0 Å². The van der Waals surface area contributed by atoms with Gasteiger partial charge in [-0.25, -0.2) is 0 Å². The van der Waals surface area contributed by atoms with E-state index in [1.165, 1.54) is 12.2 Å². The zero-order valence-corrected chi connectivity index (χ0v) is 11.5.